The van der Waals surface area contributed by atoms with Gasteiger partial charge in [-0.3, -0.25) is 0 Å². The molecule has 1 spiro atoms. The van der Waals surface area contributed by atoms with Crippen molar-refractivity contribution < 1.29 is 19.3 Å². The molecule has 3 aromatic rings. The van der Waals surface area contributed by atoms with Crippen molar-refractivity contribution in [1.82, 2.24) is 9.47 Å². The van der Waals surface area contributed by atoms with Gasteiger partial charge < -0.3 is 28.8 Å². The van der Waals surface area contributed by atoms with Crippen LogP contribution in [0.1, 0.15) is 35.8 Å². The molecule has 32 heavy (non-hydrogen) atoms. The summed E-state index contributed by atoms with van der Waals surface area (Å²) in [7, 11) is 1.68. The summed E-state index contributed by atoms with van der Waals surface area (Å²) >= 11 is 0. The topological polar surface area (TPSA) is 56.1 Å². The minimum Gasteiger partial charge on any atom is -0.497 e. The van der Waals surface area contributed by atoms with Crippen LogP contribution < -0.4 is 4.74 Å². The molecule has 1 aromatic heterocycles. The molecule has 0 saturated carbocycles. The standard InChI is InChI=1S/C26H32N2O4/c1-19-25(24(29)18-27-12-10-26(11-13-27)31-14-15-32-26)22-16-21(30-2)8-9-23(22)28(19)17-20-6-4-3-5-7-20/h3-9,16,24,29H,10-15,17-18H2,1-2H3. The van der Waals surface area contributed by atoms with Crippen molar-refractivity contribution in [3.8, 4) is 5.75 Å². The predicted octanol–water partition coefficient (Wildman–Crippen LogP) is 3.88. The number of hydrogen-bond acceptors (Lipinski definition) is 5. The first-order valence-corrected chi connectivity index (χ1v) is 11.5. The first-order valence-electron chi connectivity index (χ1n) is 11.5. The number of fused-ring (bicyclic) bond motifs is 1. The Morgan fingerprint density at radius 2 is 1.78 bits per heavy atom. The number of piperidine rings is 1. The number of ether oxygens (including phenoxy) is 3. The van der Waals surface area contributed by atoms with Crippen molar-refractivity contribution in [2.45, 2.75) is 38.2 Å². The molecular formula is C26H32N2O4. The van der Waals surface area contributed by atoms with Crippen molar-refractivity contribution in [3.63, 3.8) is 0 Å². The number of hydrogen-bond donors (Lipinski definition) is 1. The lowest BCUT2D eigenvalue weighted by molar-refractivity contribution is -0.186. The van der Waals surface area contributed by atoms with Crippen LogP contribution in [-0.2, 0) is 16.0 Å². The first kappa shape index (κ1) is 21.5. The maximum absolute atomic E-state index is 11.4. The monoisotopic (exact) mass is 436 g/mol. The summed E-state index contributed by atoms with van der Waals surface area (Å²) in [6.07, 6.45) is 1.12. The Morgan fingerprint density at radius 3 is 2.47 bits per heavy atom. The zero-order valence-corrected chi connectivity index (χ0v) is 18.9. The van der Waals surface area contributed by atoms with E-state index in [1.54, 1.807) is 7.11 Å². The predicted molar refractivity (Wildman–Crippen MR) is 124 cm³/mol. The summed E-state index contributed by atoms with van der Waals surface area (Å²) in [5.41, 5.74) is 4.44. The molecular weight excluding hydrogens is 404 g/mol. The Morgan fingerprint density at radius 1 is 1.06 bits per heavy atom. The largest absolute Gasteiger partial charge is 0.497 e. The molecule has 1 N–H and O–H groups in total. The molecule has 2 aliphatic heterocycles. The average molecular weight is 437 g/mol. The number of aromatic nitrogens is 1. The molecule has 2 fully saturated rings. The molecule has 0 radical (unpaired) electrons. The molecule has 2 saturated heterocycles. The number of likely N-dealkylation sites (tertiary alicyclic amines) is 1. The number of methoxy groups -OCH3 is 1. The Balaban J connectivity index is 1.42. The van der Waals surface area contributed by atoms with Gasteiger partial charge in [0.15, 0.2) is 5.79 Å². The van der Waals surface area contributed by atoms with Gasteiger partial charge in [0.05, 0.1) is 26.4 Å². The number of benzene rings is 2. The van der Waals surface area contributed by atoms with Crippen molar-refractivity contribution in [2.24, 2.45) is 0 Å². The van der Waals surface area contributed by atoms with Gasteiger partial charge >= 0.3 is 0 Å². The van der Waals surface area contributed by atoms with Gasteiger partial charge in [0.2, 0.25) is 0 Å². The van der Waals surface area contributed by atoms with Crippen molar-refractivity contribution >= 4 is 10.9 Å². The number of rotatable bonds is 6. The summed E-state index contributed by atoms with van der Waals surface area (Å²) in [6.45, 7) is 6.57. The van der Waals surface area contributed by atoms with Crippen molar-refractivity contribution in [3.05, 3.63) is 65.4 Å². The van der Waals surface area contributed by atoms with E-state index in [0.29, 0.717) is 19.8 Å². The van der Waals surface area contributed by atoms with Crippen LogP contribution in [0.5, 0.6) is 5.75 Å². The fraction of sp³-hybridized carbons (Fsp3) is 0.462. The molecule has 0 aliphatic carbocycles. The van der Waals surface area contributed by atoms with E-state index in [1.165, 1.54) is 5.56 Å². The Kier molecular flexibility index (Phi) is 5.95. The van der Waals surface area contributed by atoms with Crippen LogP contribution in [0.3, 0.4) is 0 Å². The average Bonchev–Trinajstić information content (AvgIpc) is 3.38. The lowest BCUT2D eigenvalue weighted by atomic mass is 10.0. The lowest BCUT2D eigenvalue weighted by Gasteiger charge is -2.38. The highest BCUT2D eigenvalue weighted by Crippen LogP contribution is 2.36. The quantitative estimate of drug-likeness (QED) is 0.636. The second kappa shape index (κ2) is 8.87. The highest BCUT2D eigenvalue weighted by atomic mass is 16.7. The van der Waals surface area contributed by atoms with Crippen LogP contribution in [0.15, 0.2) is 48.5 Å². The fourth-order valence-corrected chi connectivity index (χ4v) is 5.20. The van der Waals surface area contributed by atoms with Gasteiger partial charge in [-0.25, -0.2) is 0 Å². The molecule has 1 unspecified atom stereocenters. The van der Waals surface area contributed by atoms with E-state index in [-0.39, 0.29) is 0 Å². The summed E-state index contributed by atoms with van der Waals surface area (Å²) < 4.78 is 19.5. The van der Waals surface area contributed by atoms with E-state index in [1.807, 2.05) is 18.2 Å². The smallest absolute Gasteiger partial charge is 0.170 e. The maximum Gasteiger partial charge on any atom is 0.170 e. The van der Waals surface area contributed by atoms with Gasteiger partial charge in [0.25, 0.3) is 0 Å². The zero-order valence-electron chi connectivity index (χ0n) is 18.9. The fourth-order valence-electron chi connectivity index (χ4n) is 5.20. The van der Waals surface area contributed by atoms with Gasteiger partial charge in [0, 0.05) is 61.2 Å². The molecule has 0 bridgehead atoms. The summed E-state index contributed by atoms with van der Waals surface area (Å²) in [6, 6.07) is 16.6. The third-order valence-corrected chi connectivity index (χ3v) is 6.96. The second-order valence-electron chi connectivity index (χ2n) is 8.88. The highest BCUT2D eigenvalue weighted by molar-refractivity contribution is 5.87. The number of aliphatic hydroxyl groups excluding tert-OH is 1. The van der Waals surface area contributed by atoms with E-state index in [4.69, 9.17) is 14.2 Å². The molecule has 170 valence electrons. The van der Waals surface area contributed by atoms with Gasteiger partial charge in [-0.15, -0.1) is 0 Å². The van der Waals surface area contributed by atoms with Crippen LogP contribution in [0, 0.1) is 6.92 Å². The van der Waals surface area contributed by atoms with Gasteiger partial charge in [-0.05, 0) is 30.7 Å². The van der Waals surface area contributed by atoms with E-state index in [2.05, 4.69) is 46.7 Å². The van der Waals surface area contributed by atoms with Gasteiger partial charge in [-0.2, -0.15) is 0 Å². The van der Waals surface area contributed by atoms with Gasteiger partial charge in [0.1, 0.15) is 5.75 Å². The normalized spacial score (nSPS) is 19.6. The zero-order chi connectivity index (χ0) is 22.1. The van der Waals surface area contributed by atoms with Crippen molar-refractivity contribution in [1.29, 1.82) is 0 Å². The van der Waals surface area contributed by atoms with E-state index < -0.39 is 11.9 Å². The van der Waals surface area contributed by atoms with Crippen LogP contribution in [-0.4, -0.2) is 60.3 Å². The molecule has 6 heteroatoms. The van der Waals surface area contributed by atoms with Crippen LogP contribution >= 0.6 is 0 Å². The minimum absolute atomic E-state index is 0.392. The minimum atomic E-state index is -0.582. The summed E-state index contributed by atoms with van der Waals surface area (Å²) in [5.74, 6) is 0.412. The maximum atomic E-state index is 11.4. The first-order chi connectivity index (χ1) is 15.6. The second-order valence-corrected chi connectivity index (χ2v) is 8.88. The van der Waals surface area contributed by atoms with Crippen LogP contribution in [0.4, 0.5) is 0 Å². The molecule has 6 nitrogen and oxygen atoms in total. The number of β-amino-alcohol motifs (C(OH)–C–C–N with tert-alkyl or cyclic N) is 1. The Labute approximate surface area is 189 Å². The third-order valence-electron chi connectivity index (χ3n) is 6.96. The molecule has 3 heterocycles. The lowest BCUT2D eigenvalue weighted by Crippen LogP contribution is -2.46. The molecule has 5 rings (SSSR count). The van der Waals surface area contributed by atoms with Crippen LogP contribution in [0.25, 0.3) is 10.9 Å². The number of aliphatic hydroxyl groups is 1. The van der Waals surface area contributed by atoms with Crippen molar-refractivity contribution in [2.75, 3.05) is 40.0 Å². The molecule has 2 aliphatic rings. The number of nitrogens with zero attached hydrogens (tertiary/aromatic N) is 2. The van der Waals surface area contributed by atoms with Crippen LogP contribution in [0.2, 0.25) is 0 Å². The molecule has 1 atom stereocenters. The molecule has 0 amide bonds. The molecule has 2 aromatic carbocycles. The Hall–Kier alpha value is -2.38. The SMILES string of the molecule is COc1ccc2c(c1)c(C(O)CN1CCC3(CC1)OCCO3)c(C)n2Cc1ccccc1. The third kappa shape index (κ3) is 4.04. The van der Waals surface area contributed by atoms with E-state index >= 15 is 0 Å². The summed E-state index contributed by atoms with van der Waals surface area (Å²) in [4.78, 5) is 2.32. The van der Waals surface area contributed by atoms with Gasteiger partial charge in [-0.1, -0.05) is 30.3 Å². The van der Waals surface area contributed by atoms with E-state index in [9.17, 15) is 5.11 Å². The Bertz CT molecular complexity index is 1060. The highest BCUT2D eigenvalue weighted by Gasteiger charge is 2.40. The summed E-state index contributed by atoms with van der Waals surface area (Å²) in [5, 5.41) is 12.4. The van der Waals surface area contributed by atoms with E-state index in [0.717, 1.165) is 60.4 Å².